The molecule has 0 aliphatic heterocycles. The lowest BCUT2D eigenvalue weighted by Crippen LogP contribution is -2.25. The Morgan fingerprint density at radius 1 is 0.188 bits per heavy atom. The normalized spacial score (nSPS) is 12.2. The molecule has 0 radical (unpaired) electrons. The quantitative estimate of drug-likeness (QED) is 0.0548. The van der Waals surface area contributed by atoms with Crippen LogP contribution in [-0.2, 0) is 142 Å². The van der Waals surface area contributed by atoms with E-state index in [9.17, 15) is 8.42 Å². The molecule has 0 spiro atoms. The number of hydrogen-bond acceptors (Lipinski definition) is 32. The van der Waals surface area contributed by atoms with Crippen LogP contribution in [0.5, 0.6) is 0 Å². The average molecular weight is 1430 g/mol. The van der Waals surface area contributed by atoms with Crippen molar-refractivity contribution in [3.8, 4) is 0 Å². The van der Waals surface area contributed by atoms with Crippen molar-refractivity contribution in [2.24, 2.45) is 5.41 Å². The molecular formula is C62H126O33S. The van der Waals surface area contributed by atoms with E-state index in [2.05, 4.69) is 11.1 Å². The second kappa shape index (κ2) is 82.7. The van der Waals surface area contributed by atoms with E-state index in [1.54, 1.807) is 0 Å². The molecule has 0 rings (SSSR count). The van der Waals surface area contributed by atoms with Crippen molar-refractivity contribution in [2.75, 3.05) is 377 Å². The highest BCUT2D eigenvalue weighted by atomic mass is 32.3. The third kappa shape index (κ3) is 85.1. The van der Waals surface area contributed by atoms with Crippen LogP contribution in [0.25, 0.3) is 0 Å². The van der Waals surface area contributed by atoms with Crippen LogP contribution >= 0.6 is 0 Å². The van der Waals surface area contributed by atoms with Gasteiger partial charge in [0.2, 0.25) is 0 Å². The zero-order valence-corrected chi connectivity index (χ0v) is 58.7. The fraction of sp³-hybridized carbons (Fsp3) is 1.00. The molecule has 0 amide bonds. The molecule has 0 heterocycles. The van der Waals surface area contributed by atoms with Gasteiger partial charge in [0.05, 0.1) is 357 Å². The molecule has 0 aromatic carbocycles. The highest BCUT2D eigenvalue weighted by Gasteiger charge is 2.24. The number of rotatable bonds is 89. The van der Waals surface area contributed by atoms with Crippen molar-refractivity contribution in [1.29, 1.82) is 0 Å². The predicted octanol–water partition coefficient (Wildman–Crippen LogP) is 0.415. The Hall–Kier alpha value is -1.29. The van der Waals surface area contributed by atoms with Crippen molar-refractivity contribution in [3.63, 3.8) is 0 Å². The number of ether oxygens (including phenoxy) is 27. The van der Waals surface area contributed by atoms with Crippen LogP contribution in [0.1, 0.15) is 26.2 Å². The van der Waals surface area contributed by atoms with Crippen molar-refractivity contribution in [2.45, 2.75) is 26.2 Å². The summed E-state index contributed by atoms with van der Waals surface area (Å²) in [4.78, 5) is 0. The Morgan fingerprint density at radius 3 is 0.406 bits per heavy atom. The van der Waals surface area contributed by atoms with Crippen LogP contribution in [0.15, 0.2) is 0 Å². The van der Waals surface area contributed by atoms with E-state index in [0.29, 0.717) is 344 Å². The summed E-state index contributed by atoms with van der Waals surface area (Å²) in [6.45, 7) is 26.0. The van der Waals surface area contributed by atoms with Crippen molar-refractivity contribution < 1.29 is 155 Å². The zero-order chi connectivity index (χ0) is 69.2. The van der Waals surface area contributed by atoms with E-state index in [-0.39, 0.29) is 38.4 Å². The summed E-state index contributed by atoms with van der Waals surface area (Å²) in [5.74, 6) is 0. The fourth-order valence-electron chi connectivity index (χ4n) is 7.24. The highest BCUT2D eigenvalue weighted by Crippen LogP contribution is 2.30. The molecule has 0 aliphatic carbocycles. The van der Waals surface area contributed by atoms with Gasteiger partial charge in [-0.25, -0.2) is 4.18 Å². The maximum Gasteiger partial charge on any atom is 0.397 e. The van der Waals surface area contributed by atoms with Crippen LogP contribution in [0.3, 0.4) is 0 Å². The molecule has 0 atom stereocenters. The van der Waals surface area contributed by atoms with E-state index in [1.807, 2.05) is 0 Å². The minimum Gasteiger partial charge on any atom is -0.394 e. The fourth-order valence-corrected chi connectivity index (χ4v) is 7.52. The minimum atomic E-state index is -4.45. The Balaban J connectivity index is 4.09. The van der Waals surface area contributed by atoms with Crippen LogP contribution in [0.4, 0.5) is 0 Å². The molecule has 0 saturated carbocycles. The maximum atomic E-state index is 10.4. The van der Waals surface area contributed by atoms with Gasteiger partial charge in [-0.1, -0.05) is 6.92 Å². The van der Waals surface area contributed by atoms with E-state index in [4.69, 9.17) is 143 Å². The molecule has 0 fully saturated rings. The van der Waals surface area contributed by atoms with Gasteiger partial charge in [0.1, 0.15) is 0 Å². The lowest BCUT2D eigenvalue weighted by atomic mass is 9.81. The summed E-state index contributed by atoms with van der Waals surface area (Å²) in [5.41, 5.74) is -0.0861. The average Bonchev–Trinajstić information content (AvgIpc) is 3.10. The Labute approximate surface area is 572 Å². The van der Waals surface area contributed by atoms with Gasteiger partial charge in [0.25, 0.3) is 0 Å². The molecule has 34 heteroatoms. The molecule has 0 saturated heterocycles. The van der Waals surface area contributed by atoms with Gasteiger partial charge < -0.3 is 138 Å². The topological polar surface area (TPSA) is 353 Å². The van der Waals surface area contributed by atoms with Crippen LogP contribution < -0.4 is 0 Å². The van der Waals surface area contributed by atoms with E-state index < -0.39 is 10.4 Å². The monoisotopic (exact) mass is 1430 g/mol. The zero-order valence-electron chi connectivity index (χ0n) is 57.9. The number of hydrogen-bond donors (Lipinski definition) is 3. The third-order valence-electron chi connectivity index (χ3n) is 12.4. The van der Waals surface area contributed by atoms with Crippen LogP contribution in [-0.4, -0.2) is 400 Å². The predicted molar refractivity (Wildman–Crippen MR) is 346 cm³/mol. The molecule has 0 aromatic rings. The molecule has 0 aliphatic rings. The lowest BCUT2D eigenvalue weighted by Gasteiger charge is -2.29. The first-order valence-electron chi connectivity index (χ1n) is 33.8. The smallest absolute Gasteiger partial charge is 0.394 e. The summed E-state index contributed by atoms with van der Waals surface area (Å²) in [5, 5.41) is 17.3. The first-order valence-corrected chi connectivity index (χ1v) is 35.1. The Morgan fingerprint density at radius 2 is 0.292 bits per heavy atom. The summed E-state index contributed by atoms with van der Waals surface area (Å²) in [6, 6.07) is 0. The summed E-state index contributed by atoms with van der Waals surface area (Å²) < 4.78 is 183. The summed E-state index contributed by atoms with van der Waals surface area (Å²) >= 11 is 0. The molecule has 0 aromatic heterocycles. The lowest BCUT2D eigenvalue weighted by molar-refractivity contribution is -0.0289. The van der Waals surface area contributed by atoms with E-state index >= 15 is 0 Å². The number of aliphatic hydroxyl groups excluding tert-OH is 2. The largest absolute Gasteiger partial charge is 0.397 e. The van der Waals surface area contributed by atoms with Gasteiger partial charge in [0, 0.05) is 19.8 Å². The van der Waals surface area contributed by atoms with E-state index in [1.165, 1.54) is 0 Å². The SMILES string of the molecule is CC(CCOCCOCCOCCOCCOCCOCCOCCOCCOCCO)(CCOCCOCCOCCOCCOCCOCCOCCOCCOCCO)CCOCCOCCOCCOCCOCCOCCOCCOCCOCCOS(=O)(=O)O. The summed E-state index contributed by atoms with van der Waals surface area (Å²) in [6.07, 6.45) is 2.47. The molecule has 578 valence electrons. The molecule has 3 N–H and O–H groups in total. The number of aliphatic hydroxyl groups is 2. The van der Waals surface area contributed by atoms with Crippen LogP contribution in [0, 0.1) is 5.41 Å². The van der Waals surface area contributed by atoms with Gasteiger partial charge in [-0.05, 0) is 24.7 Å². The highest BCUT2D eigenvalue weighted by molar-refractivity contribution is 7.80. The van der Waals surface area contributed by atoms with Gasteiger partial charge in [-0.3, -0.25) is 4.55 Å². The van der Waals surface area contributed by atoms with Gasteiger partial charge in [-0.15, -0.1) is 0 Å². The molecular weight excluding hydrogens is 1300 g/mol. The van der Waals surface area contributed by atoms with Crippen molar-refractivity contribution >= 4 is 10.4 Å². The second-order valence-electron chi connectivity index (χ2n) is 20.3. The second-order valence-corrected chi connectivity index (χ2v) is 21.4. The third-order valence-corrected chi connectivity index (χ3v) is 12.9. The van der Waals surface area contributed by atoms with Crippen molar-refractivity contribution in [3.05, 3.63) is 0 Å². The minimum absolute atomic E-state index is 0.00740. The first-order chi connectivity index (χ1) is 47.3. The molecule has 96 heavy (non-hydrogen) atoms. The molecule has 0 bridgehead atoms. The maximum absolute atomic E-state index is 10.4. The standard InChI is InChI=1S/C62H126O33S/c1-62(2-7-68-12-17-73-22-27-78-32-37-83-42-47-88-50-45-86-40-35-81-30-25-76-20-15-71-10-5-63,3-8-69-13-18-74-23-28-79-33-38-84-43-48-89-51-46-87-41-36-82-31-26-77-21-16-72-11-6-64)4-9-70-14-19-75-24-29-80-34-39-85-44-49-90-52-53-91-54-55-92-56-57-93-58-59-94-60-61-95-96(65,66)67/h63-64H,2-61H2,1H3,(H,65,66,67). The Bertz CT molecular complexity index is 1480. The molecule has 33 nitrogen and oxygen atoms in total. The van der Waals surface area contributed by atoms with Gasteiger partial charge >= 0.3 is 10.4 Å². The summed E-state index contributed by atoms with van der Waals surface area (Å²) in [7, 11) is -4.45. The first kappa shape index (κ1) is 94.7. The van der Waals surface area contributed by atoms with Crippen LogP contribution in [0.2, 0.25) is 0 Å². The van der Waals surface area contributed by atoms with Gasteiger partial charge in [-0.2, -0.15) is 8.42 Å². The van der Waals surface area contributed by atoms with Crippen molar-refractivity contribution in [1.82, 2.24) is 0 Å². The van der Waals surface area contributed by atoms with Gasteiger partial charge in [0.15, 0.2) is 0 Å². The van der Waals surface area contributed by atoms with E-state index in [0.717, 1.165) is 19.3 Å². The molecule has 0 unspecified atom stereocenters. The Kier molecular flexibility index (Phi) is 81.6.